The molecule has 6 rings (SSSR count). The lowest BCUT2D eigenvalue weighted by Gasteiger charge is -2.58. The molecule has 4 aliphatic carbocycles. The number of ether oxygens (including phenoxy) is 2. The van der Waals surface area contributed by atoms with Gasteiger partial charge in [0.2, 0.25) is 5.91 Å². The zero-order chi connectivity index (χ0) is 22.3. The number of hydrogen-bond acceptors (Lipinski definition) is 5. The molecule has 1 saturated heterocycles. The highest BCUT2D eigenvalue weighted by Crippen LogP contribution is 2.55. The fourth-order valence-corrected chi connectivity index (χ4v) is 6.77. The topological polar surface area (TPSA) is 71.0 Å². The maximum Gasteiger partial charge on any atom is 0.230 e. The lowest BCUT2D eigenvalue weighted by molar-refractivity contribution is -0.148. The van der Waals surface area contributed by atoms with Crippen LogP contribution < -0.4 is 10.1 Å². The molecule has 6 heteroatoms. The van der Waals surface area contributed by atoms with E-state index in [0.29, 0.717) is 24.4 Å². The van der Waals surface area contributed by atoms with Gasteiger partial charge in [-0.3, -0.25) is 9.69 Å². The summed E-state index contributed by atoms with van der Waals surface area (Å²) in [6, 6.07) is 8.18. The van der Waals surface area contributed by atoms with Crippen LogP contribution in [0.25, 0.3) is 0 Å². The third-order valence-electron chi connectivity index (χ3n) is 8.44. The van der Waals surface area contributed by atoms with Crippen molar-refractivity contribution in [1.29, 1.82) is 0 Å². The molecule has 6 nitrogen and oxygen atoms in total. The van der Waals surface area contributed by atoms with Crippen LogP contribution in [0, 0.1) is 17.8 Å². The summed E-state index contributed by atoms with van der Waals surface area (Å²) in [6.45, 7) is 9.01. The minimum absolute atomic E-state index is 0.0763. The molecule has 0 aromatic heterocycles. The van der Waals surface area contributed by atoms with Gasteiger partial charge in [0.1, 0.15) is 12.4 Å². The van der Waals surface area contributed by atoms with Gasteiger partial charge >= 0.3 is 0 Å². The number of amides is 1. The number of benzene rings is 1. The van der Waals surface area contributed by atoms with Gasteiger partial charge in [0.15, 0.2) is 0 Å². The number of aliphatic hydroxyl groups is 1. The van der Waals surface area contributed by atoms with Gasteiger partial charge in [-0.15, -0.1) is 0 Å². The van der Waals surface area contributed by atoms with Crippen LogP contribution in [0.15, 0.2) is 24.3 Å². The maximum atomic E-state index is 13.4. The molecule has 0 spiro atoms. The molecule has 5 atom stereocenters. The second-order valence-electron chi connectivity index (χ2n) is 11.1. The normalized spacial score (nSPS) is 34.5. The van der Waals surface area contributed by atoms with Crippen molar-refractivity contribution in [3.8, 4) is 5.75 Å². The molecule has 5 fully saturated rings. The van der Waals surface area contributed by atoms with Crippen molar-refractivity contribution in [2.45, 2.75) is 63.0 Å². The molecule has 1 aliphatic heterocycles. The Morgan fingerprint density at radius 1 is 1.22 bits per heavy atom. The Kier molecular flexibility index (Phi) is 5.97. The van der Waals surface area contributed by atoms with E-state index in [0.717, 1.165) is 76.3 Å². The standard InChI is InChI=1S/C26H38N2O4/c1-25(2,21-4-3-5-22(14-21)32-11-8-28-6-9-31-10-7-28)24(29)27-23-19-12-18-13-20(23)17-26(30,15-18)16-19/h3-5,14,18-20,23,30H,6-13,15-17H2,1-2H3,(H,27,29)/t18?,19-,20+,23?,26?. The first-order valence-corrected chi connectivity index (χ1v) is 12.4. The van der Waals surface area contributed by atoms with Crippen LogP contribution in [0.4, 0.5) is 0 Å². The molecule has 176 valence electrons. The van der Waals surface area contributed by atoms with Crippen molar-refractivity contribution in [2.24, 2.45) is 17.8 Å². The van der Waals surface area contributed by atoms with Gasteiger partial charge < -0.3 is 19.9 Å². The molecule has 5 aliphatic rings. The minimum Gasteiger partial charge on any atom is -0.492 e. The Labute approximate surface area is 191 Å². The van der Waals surface area contributed by atoms with Gasteiger partial charge in [0, 0.05) is 25.7 Å². The monoisotopic (exact) mass is 442 g/mol. The van der Waals surface area contributed by atoms with Gasteiger partial charge in [-0.2, -0.15) is 0 Å². The van der Waals surface area contributed by atoms with Crippen molar-refractivity contribution in [1.82, 2.24) is 10.2 Å². The summed E-state index contributed by atoms with van der Waals surface area (Å²) in [4.78, 5) is 15.8. The molecule has 0 radical (unpaired) electrons. The first-order chi connectivity index (χ1) is 15.3. The summed E-state index contributed by atoms with van der Waals surface area (Å²) in [6.07, 6.45) is 4.95. The van der Waals surface area contributed by atoms with Crippen molar-refractivity contribution in [3.05, 3.63) is 29.8 Å². The molecule has 3 unspecified atom stereocenters. The van der Waals surface area contributed by atoms with Gasteiger partial charge in [0.05, 0.1) is 24.2 Å². The molecular formula is C26H38N2O4. The fourth-order valence-electron chi connectivity index (χ4n) is 6.77. The summed E-state index contributed by atoms with van der Waals surface area (Å²) in [5.41, 5.74) is -0.142. The zero-order valence-corrected chi connectivity index (χ0v) is 19.5. The number of carbonyl (C=O) groups is 1. The quantitative estimate of drug-likeness (QED) is 0.680. The van der Waals surface area contributed by atoms with Gasteiger partial charge in [-0.25, -0.2) is 0 Å². The molecule has 1 aromatic carbocycles. The molecular weight excluding hydrogens is 404 g/mol. The molecule has 1 aromatic rings. The van der Waals surface area contributed by atoms with E-state index in [-0.39, 0.29) is 11.9 Å². The van der Waals surface area contributed by atoms with Gasteiger partial charge in [-0.1, -0.05) is 12.1 Å². The van der Waals surface area contributed by atoms with Crippen LogP contribution in [-0.2, 0) is 14.9 Å². The third-order valence-corrected chi connectivity index (χ3v) is 8.44. The highest BCUT2D eigenvalue weighted by atomic mass is 16.5. The number of carbonyl (C=O) groups excluding carboxylic acids is 1. The number of nitrogens with zero attached hydrogens (tertiary/aromatic N) is 1. The number of nitrogens with one attached hydrogen (secondary N) is 1. The smallest absolute Gasteiger partial charge is 0.230 e. The van der Waals surface area contributed by atoms with Crippen LogP contribution in [-0.4, -0.2) is 67.0 Å². The Morgan fingerprint density at radius 3 is 2.62 bits per heavy atom. The van der Waals surface area contributed by atoms with Crippen LogP contribution >= 0.6 is 0 Å². The molecule has 4 bridgehead atoms. The first-order valence-electron chi connectivity index (χ1n) is 12.4. The minimum atomic E-state index is -0.644. The highest BCUT2D eigenvalue weighted by molar-refractivity contribution is 5.87. The average Bonchev–Trinajstić information content (AvgIpc) is 2.76. The lowest BCUT2D eigenvalue weighted by atomic mass is 9.52. The van der Waals surface area contributed by atoms with Crippen molar-refractivity contribution in [3.63, 3.8) is 0 Å². The van der Waals surface area contributed by atoms with E-state index in [2.05, 4.69) is 10.2 Å². The highest BCUT2D eigenvalue weighted by Gasteiger charge is 2.55. The summed E-state index contributed by atoms with van der Waals surface area (Å²) in [5, 5.41) is 14.3. The predicted molar refractivity (Wildman–Crippen MR) is 123 cm³/mol. The van der Waals surface area contributed by atoms with E-state index in [1.807, 2.05) is 38.1 Å². The largest absolute Gasteiger partial charge is 0.492 e. The molecule has 2 N–H and O–H groups in total. The molecule has 1 amide bonds. The van der Waals surface area contributed by atoms with E-state index in [1.54, 1.807) is 0 Å². The number of morpholine rings is 1. The van der Waals surface area contributed by atoms with Crippen molar-refractivity contribution < 1.29 is 19.4 Å². The molecule has 1 heterocycles. The van der Waals surface area contributed by atoms with Gasteiger partial charge in [-0.05, 0) is 81.4 Å². The summed E-state index contributed by atoms with van der Waals surface area (Å²) >= 11 is 0. The SMILES string of the molecule is CC(C)(C(=O)NC1[C@@H]2CC3C[C@H]1CC(O)(C3)C2)c1cccc(OCCN2CCOCC2)c1. The second-order valence-corrected chi connectivity index (χ2v) is 11.1. The summed E-state index contributed by atoms with van der Waals surface area (Å²) < 4.78 is 11.4. The molecule has 4 saturated carbocycles. The van der Waals surface area contributed by atoms with Crippen LogP contribution in [0.3, 0.4) is 0 Å². The van der Waals surface area contributed by atoms with E-state index in [9.17, 15) is 9.90 Å². The van der Waals surface area contributed by atoms with Crippen LogP contribution in [0.5, 0.6) is 5.75 Å². The van der Waals surface area contributed by atoms with Crippen molar-refractivity contribution in [2.75, 3.05) is 39.5 Å². The lowest BCUT2D eigenvalue weighted by Crippen LogP contribution is -2.62. The van der Waals surface area contributed by atoms with Crippen LogP contribution in [0.1, 0.15) is 51.5 Å². The summed E-state index contributed by atoms with van der Waals surface area (Å²) in [5.74, 6) is 2.37. The second kappa shape index (κ2) is 8.62. The Bertz CT molecular complexity index is 819. The fraction of sp³-hybridized carbons (Fsp3) is 0.731. The van der Waals surface area contributed by atoms with Crippen LogP contribution in [0.2, 0.25) is 0 Å². The van der Waals surface area contributed by atoms with Gasteiger partial charge in [0.25, 0.3) is 0 Å². The van der Waals surface area contributed by atoms with E-state index >= 15 is 0 Å². The first kappa shape index (κ1) is 22.2. The summed E-state index contributed by atoms with van der Waals surface area (Å²) in [7, 11) is 0. The Balaban J connectivity index is 1.20. The van der Waals surface area contributed by atoms with E-state index in [1.165, 1.54) is 0 Å². The predicted octanol–water partition coefficient (Wildman–Crippen LogP) is 2.73. The molecule has 32 heavy (non-hydrogen) atoms. The average molecular weight is 443 g/mol. The number of rotatable bonds is 7. The maximum absolute atomic E-state index is 13.4. The van der Waals surface area contributed by atoms with Crippen molar-refractivity contribution >= 4 is 5.91 Å². The van der Waals surface area contributed by atoms with E-state index in [4.69, 9.17) is 9.47 Å². The Hall–Kier alpha value is -1.63. The third kappa shape index (κ3) is 4.42. The zero-order valence-electron chi connectivity index (χ0n) is 19.5. The Morgan fingerprint density at radius 2 is 1.94 bits per heavy atom. The van der Waals surface area contributed by atoms with E-state index < -0.39 is 11.0 Å². The number of hydrogen-bond donors (Lipinski definition) is 2.